The van der Waals surface area contributed by atoms with Gasteiger partial charge in [0.2, 0.25) is 0 Å². The maximum Gasteiger partial charge on any atom is 0.336 e. The molecular formula is C18H13NO8. The number of hydrogen-bond donors (Lipinski definition) is 3. The van der Waals surface area contributed by atoms with Crippen molar-refractivity contribution in [1.82, 2.24) is 4.90 Å². The largest absolute Gasteiger partial charge is 0.480 e. The zero-order valence-corrected chi connectivity index (χ0v) is 13.7. The summed E-state index contributed by atoms with van der Waals surface area (Å²) in [6, 6.07) is 11.8. The minimum atomic E-state index is -1.23. The van der Waals surface area contributed by atoms with Gasteiger partial charge in [0.15, 0.2) is 0 Å². The Bertz CT molecular complexity index is 882. The molecule has 0 saturated carbocycles. The Balaban J connectivity index is 0.000000199. The second-order valence-corrected chi connectivity index (χ2v) is 5.29. The summed E-state index contributed by atoms with van der Waals surface area (Å²) in [6.07, 6.45) is 0. The molecule has 9 nitrogen and oxygen atoms in total. The number of carboxylic acids is 3. The van der Waals surface area contributed by atoms with Crippen LogP contribution in [0.3, 0.4) is 0 Å². The van der Waals surface area contributed by atoms with E-state index < -0.39 is 36.3 Å². The van der Waals surface area contributed by atoms with Crippen LogP contribution in [0.15, 0.2) is 48.5 Å². The molecule has 0 saturated heterocycles. The summed E-state index contributed by atoms with van der Waals surface area (Å²) in [7, 11) is 0. The molecule has 0 radical (unpaired) electrons. The molecule has 0 spiro atoms. The molecule has 9 heteroatoms. The predicted molar refractivity (Wildman–Crippen MR) is 89.8 cm³/mol. The van der Waals surface area contributed by atoms with Crippen LogP contribution in [0, 0.1) is 0 Å². The fourth-order valence-electron chi connectivity index (χ4n) is 2.37. The monoisotopic (exact) mass is 371 g/mol. The van der Waals surface area contributed by atoms with Crippen LogP contribution in [-0.2, 0) is 4.79 Å². The second kappa shape index (κ2) is 7.91. The lowest BCUT2D eigenvalue weighted by molar-refractivity contribution is -0.137. The molecule has 1 aliphatic rings. The Kier molecular flexibility index (Phi) is 5.66. The van der Waals surface area contributed by atoms with Crippen molar-refractivity contribution in [3.8, 4) is 0 Å². The van der Waals surface area contributed by atoms with Gasteiger partial charge >= 0.3 is 17.9 Å². The molecule has 2 aromatic rings. The molecule has 0 atom stereocenters. The van der Waals surface area contributed by atoms with Crippen LogP contribution in [0.2, 0.25) is 0 Å². The maximum atomic E-state index is 11.6. The SMILES string of the molecule is O=C(O)CN1C(=O)c2ccccc2C1=O.O=C(O)c1ccccc1C(=O)O. The molecule has 0 unspecified atom stereocenters. The van der Waals surface area contributed by atoms with Crippen molar-refractivity contribution in [2.75, 3.05) is 6.54 Å². The van der Waals surface area contributed by atoms with Crippen LogP contribution in [0.1, 0.15) is 41.4 Å². The number of amides is 2. The molecule has 0 aromatic heterocycles. The number of rotatable bonds is 4. The average molecular weight is 371 g/mol. The van der Waals surface area contributed by atoms with Gasteiger partial charge in [0.25, 0.3) is 11.8 Å². The Morgan fingerprint density at radius 3 is 1.41 bits per heavy atom. The van der Waals surface area contributed by atoms with E-state index in [-0.39, 0.29) is 22.3 Å². The van der Waals surface area contributed by atoms with Gasteiger partial charge in [0.05, 0.1) is 22.3 Å². The minimum absolute atomic E-state index is 0.190. The second-order valence-electron chi connectivity index (χ2n) is 5.29. The molecule has 27 heavy (non-hydrogen) atoms. The molecule has 0 aliphatic carbocycles. The molecule has 2 aromatic carbocycles. The van der Waals surface area contributed by atoms with Gasteiger partial charge < -0.3 is 15.3 Å². The zero-order valence-electron chi connectivity index (χ0n) is 13.7. The van der Waals surface area contributed by atoms with E-state index in [4.69, 9.17) is 15.3 Å². The normalized spacial score (nSPS) is 12.1. The number of nitrogens with zero attached hydrogens (tertiary/aromatic N) is 1. The summed E-state index contributed by atoms with van der Waals surface area (Å²) in [6.45, 7) is -0.591. The smallest absolute Gasteiger partial charge is 0.336 e. The summed E-state index contributed by atoms with van der Waals surface area (Å²) in [4.78, 5) is 55.3. The predicted octanol–water partition coefficient (Wildman–Crippen LogP) is 1.45. The Morgan fingerprint density at radius 2 is 1.07 bits per heavy atom. The maximum absolute atomic E-state index is 11.6. The summed E-state index contributed by atoms with van der Waals surface area (Å²) < 4.78 is 0. The van der Waals surface area contributed by atoms with E-state index in [1.54, 1.807) is 12.1 Å². The van der Waals surface area contributed by atoms with Crippen molar-refractivity contribution in [3.05, 3.63) is 70.8 Å². The highest BCUT2D eigenvalue weighted by Crippen LogP contribution is 2.21. The minimum Gasteiger partial charge on any atom is -0.480 e. The highest BCUT2D eigenvalue weighted by Gasteiger charge is 2.36. The lowest BCUT2D eigenvalue weighted by Gasteiger charge is -2.09. The van der Waals surface area contributed by atoms with Crippen molar-refractivity contribution in [2.45, 2.75) is 0 Å². The number of hydrogen-bond acceptors (Lipinski definition) is 5. The van der Waals surface area contributed by atoms with Gasteiger partial charge in [-0.15, -0.1) is 0 Å². The van der Waals surface area contributed by atoms with Gasteiger partial charge in [0, 0.05) is 0 Å². The molecule has 3 N–H and O–H groups in total. The number of carbonyl (C=O) groups is 5. The number of imide groups is 1. The van der Waals surface area contributed by atoms with Crippen LogP contribution in [0.5, 0.6) is 0 Å². The molecule has 0 bridgehead atoms. The molecule has 1 heterocycles. The number of aliphatic carboxylic acids is 1. The molecule has 2 amide bonds. The van der Waals surface area contributed by atoms with Gasteiger partial charge in [-0.3, -0.25) is 19.3 Å². The summed E-state index contributed by atoms with van der Waals surface area (Å²) in [5, 5.41) is 25.6. The average Bonchev–Trinajstić information content (AvgIpc) is 2.87. The summed E-state index contributed by atoms with van der Waals surface area (Å²) >= 11 is 0. The van der Waals surface area contributed by atoms with Crippen molar-refractivity contribution < 1.29 is 39.3 Å². The highest BCUT2D eigenvalue weighted by atomic mass is 16.4. The van der Waals surface area contributed by atoms with E-state index in [1.807, 2.05) is 0 Å². The first-order valence-electron chi connectivity index (χ1n) is 7.46. The van der Waals surface area contributed by atoms with Crippen molar-refractivity contribution in [2.24, 2.45) is 0 Å². The van der Waals surface area contributed by atoms with E-state index in [0.717, 1.165) is 4.90 Å². The van der Waals surface area contributed by atoms with E-state index in [1.165, 1.54) is 36.4 Å². The number of aromatic carboxylic acids is 2. The summed E-state index contributed by atoms with van der Waals surface area (Å²) in [5.74, 6) is -4.75. The van der Waals surface area contributed by atoms with Gasteiger partial charge in [-0.2, -0.15) is 0 Å². The van der Waals surface area contributed by atoms with Crippen LogP contribution in [0.4, 0.5) is 0 Å². The third-order valence-electron chi connectivity index (χ3n) is 3.56. The lowest BCUT2D eigenvalue weighted by Crippen LogP contribution is -2.34. The molecule has 138 valence electrons. The molecule has 3 rings (SSSR count). The van der Waals surface area contributed by atoms with Crippen molar-refractivity contribution in [3.63, 3.8) is 0 Å². The molecular weight excluding hydrogens is 358 g/mol. The third-order valence-corrected chi connectivity index (χ3v) is 3.56. The Morgan fingerprint density at radius 1 is 0.704 bits per heavy atom. The number of fused-ring (bicyclic) bond motifs is 1. The van der Waals surface area contributed by atoms with E-state index in [9.17, 15) is 24.0 Å². The fraction of sp³-hybridized carbons (Fsp3) is 0.0556. The third kappa shape index (κ3) is 4.15. The Labute approximate surface area is 152 Å². The van der Waals surface area contributed by atoms with Crippen LogP contribution in [0.25, 0.3) is 0 Å². The first kappa shape index (κ1) is 19.3. The van der Waals surface area contributed by atoms with Gasteiger partial charge in [-0.25, -0.2) is 9.59 Å². The Hall–Kier alpha value is -4.01. The molecule has 0 fully saturated rings. The fourth-order valence-corrected chi connectivity index (χ4v) is 2.37. The van der Waals surface area contributed by atoms with Gasteiger partial charge in [-0.05, 0) is 24.3 Å². The lowest BCUT2D eigenvalue weighted by atomic mass is 10.1. The van der Waals surface area contributed by atoms with E-state index in [2.05, 4.69) is 0 Å². The quantitative estimate of drug-likeness (QED) is 0.684. The number of carbonyl (C=O) groups excluding carboxylic acids is 2. The topological polar surface area (TPSA) is 149 Å². The van der Waals surface area contributed by atoms with Gasteiger partial charge in [0.1, 0.15) is 6.54 Å². The number of benzene rings is 2. The zero-order chi connectivity index (χ0) is 20.1. The van der Waals surface area contributed by atoms with Gasteiger partial charge in [-0.1, -0.05) is 24.3 Å². The van der Waals surface area contributed by atoms with E-state index in [0.29, 0.717) is 0 Å². The van der Waals surface area contributed by atoms with Crippen molar-refractivity contribution in [1.29, 1.82) is 0 Å². The standard InChI is InChI=1S/C10H7NO4.C8H6O4/c12-8(13)5-11-9(14)6-3-1-2-4-7(6)10(11)15;9-7(10)5-3-1-2-4-6(5)8(11)12/h1-4H,5H2,(H,12,13);1-4H,(H,9,10)(H,11,12). The summed E-state index contributed by atoms with van der Waals surface area (Å²) in [5.41, 5.74) is 0.155. The first-order chi connectivity index (χ1) is 12.7. The molecule has 1 aliphatic heterocycles. The number of carboxylic acid groups (broad SMARTS) is 3. The van der Waals surface area contributed by atoms with Crippen LogP contribution in [-0.4, -0.2) is 56.5 Å². The van der Waals surface area contributed by atoms with Crippen LogP contribution < -0.4 is 0 Å². The highest BCUT2D eigenvalue weighted by molar-refractivity contribution is 6.22. The van der Waals surface area contributed by atoms with E-state index >= 15 is 0 Å². The first-order valence-corrected chi connectivity index (χ1v) is 7.46. The van der Waals surface area contributed by atoms with Crippen LogP contribution >= 0.6 is 0 Å². The van der Waals surface area contributed by atoms with Crippen molar-refractivity contribution >= 4 is 29.7 Å².